The maximum atomic E-state index is 13.1. The van der Waals surface area contributed by atoms with E-state index in [2.05, 4.69) is 20.5 Å². The van der Waals surface area contributed by atoms with E-state index < -0.39 is 5.82 Å². The van der Waals surface area contributed by atoms with Gasteiger partial charge in [-0.05, 0) is 18.2 Å². The normalized spacial score (nSPS) is 10.3. The van der Waals surface area contributed by atoms with Gasteiger partial charge in [-0.15, -0.1) is 0 Å². The van der Waals surface area contributed by atoms with E-state index in [0.29, 0.717) is 18.8 Å². The van der Waals surface area contributed by atoms with E-state index in [1.165, 1.54) is 12.4 Å². The maximum absolute atomic E-state index is 13.1. The molecule has 7 heteroatoms. The molecule has 2 aromatic rings. The molecule has 0 saturated heterocycles. The van der Waals surface area contributed by atoms with Gasteiger partial charge in [0.25, 0.3) is 5.91 Å². The number of nitrogens with one attached hydrogen (secondary N) is 2. The highest BCUT2D eigenvalue weighted by atomic mass is 19.1. The molecule has 18 heavy (non-hydrogen) atoms. The number of nitrogens with zero attached hydrogens (tertiary/aromatic N) is 2. The van der Waals surface area contributed by atoms with Crippen LogP contribution >= 0.6 is 0 Å². The Balaban J connectivity index is 1.91. The molecule has 0 aliphatic heterocycles. The van der Waals surface area contributed by atoms with E-state index in [4.69, 9.17) is 5.73 Å². The number of amides is 1. The number of rotatable bonds is 4. The van der Waals surface area contributed by atoms with Crippen LogP contribution < -0.4 is 11.1 Å². The molecule has 0 radical (unpaired) electrons. The molecule has 0 fully saturated rings. The summed E-state index contributed by atoms with van der Waals surface area (Å²) in [7, 11) is 0. The van der Waals surface area contributed by atoms with Gasteiger partial charge in [0.15, 0.2) is 0 Å². The summed E-state index contributed by atoms with van der Waals surface area (Å²) in [6.45, 7) is 0.379. The summed E-state index contributed by atoms with van der Waals surface area (Å²) >= 11 is 0. The number of benzene rings is 1. The van der Waals surface area contributed by atoms with Crippen molar-refractivity contribution in [2.75, 3.05) is 12.3 Å². The van der Waals surface area contributed by atoms with Crippen molar-refractivity contribution < 1.29 is 9.18 Å². The van der Waals surface area contributed by atoms with Crippen LogP contribution in [0.3, 0.4) is 0 Å². The van der Waals surface area contributed by atoms with Crippen molar-refractivity contribution in [2.24, 2.45) is 0 Å². The summed E-state index contributed by atoms with van der Waals surface area (Å²) in [5, 5.41) is 9.01. The van der Waals surface area contributed by atoms with Crippen LogP contribution in [0.15, 0.2) is 24.5 Å². The van der Waals surface area contributed by atoms with Crippen LogP contribution in [0.25, 0.3) is 0 Å². The topological polar surface area (TPSA) is 96.7 Å². The summed E-state index contributed by atoms with van der Waals surface area (Å²) in [4.78, 5) is 15.6. The number of aromatic nitrogens is 3. The average Bonchev–Trinajstić information content (AvgIpc) is 2.80. The first-order chi connectivity index (χ1) is 8.65. The first-order valence-corrected chi connectivity index (χ1v) is 5.33. The van der Waals surface area contributed by atoms with Crippen molar-refractivity contribution in [3.8, 4) is 0 Å². The number of carbonyl (C=O) groups excluding carboxylic acids is 1. The van der Waals surface area contributed by atoms with Gasteiger partial charge < -0.3 is 11.1 Å². The highest BCUT2D eigenvalue weighted by Gasteiger charge is 2.07. The molecule has 2 rings (SSSR count). The number of hydrogen-bond donors (Lipinski definition) is 3. The zero-order valence-corrected chi connectivity index (χ0v) is 9.48. The summed E-state index contributed by atoms with van der Waals surface area (Å²) in [6, 6.07) is 3.72. The van der Waals surface area contributed by atoms with Crippen molar-refractivity contribution in [1.29, 1.82) is 0 Å². The molecule has 6 nitrogen and oxygen atoms in total. The van der Waals surface area contributed by atoms with Gasteiger partial charge in [-0.2, -0.15) is 5.10 Å². The molecule has 0 spiro atoms. The molecule has 0 bridgehead atoms. The number of nitrogen functional groups attached to an aromatic ring is 1. The predicted molar refractivity (Wildman–Crippen MR) is 63.2 cm³/mol. The third kappa shape index (κ3) is 3.03. The Bertz CT molecular complexity index is 520. The Hall–Kier alpha value is -2.44. The molecule has 0 aliphatic rings. The largest absolute Gasteiger partial charge is 0.399 e. The lowest BCUT2D eigenvalue weighted by atomic mass is 10.2. The summed E-state index contributed by atoms with van der Waals surface area (Å²) in [5.74, 6) is -0.231. The van der Waals surface area contributed by atoms with E-state index in [1.54, 1.807) is 0 Å². The molecule has 0 unspecified atom stereocenters. The fraction of sp³-hybridized carbons (Fsp3) is 0.182. The molecule has 1 amide bonds. The number of aromatic amines is 1. The third-order valence-electron chi connectivity index (χ3n) is 2.29. The van der Waals surface area contributed by atoms with Crippen LogP contribution in [0, 0.1) is 5.82 Å². The SMILES string of the molecule is Nc1cc(F)cc(C(=O)NCCc2ncn[nH]2)c1. The molecular formula is C11H12FN5O. The molecule has 94 valence electrons. The first-order valence-electron chi connectivity index (χ1n) is 5.33. The van der Waals surface area contributed by atoms with Crippen molar-refractivity contribution in [1.82, 2.24) is 20.5 Å². The zero-order chi connectivity index (χ0) is 13.0. The van der Waals surface area contributed by atoms with Crippen LogP contribution in [0.2, 0.25) is 0 Å². The molecule has 0 aliphatic carbocycles. The van der Waals surface area contributed by atoms with E-state index >= 15 is 0 Å². The highest BCUT2D eigenvalue weighted by Crippen LogP contribution is 2.10. The third-order valence-corrected chi connectivity index (χ3v) is 2.29. The lowest BCUT2D eigenvalue weighted by Gasteiger charge is -2.05. The van der Waals surface area contributed by atoms with Gasteiger partial charge in [-0.25, -0.2) is 9.37 Å². The van der Waals surface area contributed by atoms with Gasteiger partial charge in [-0.3, -0.25) is 9.89 Å². The van der Waals surface area contributed by atoms with Crippen LogP contribution in [0.5, 0.6) is 0 Å². The lowest BCUT2D eigenvalue weighted by Crippen LogP contribution is -2.26. The van der Waals surface area contributed by atoms with Gasteiger partial charge in [0.05, 0.1) is 0 Å². The van der Waals surface area contributed by atoms with Crippen molar-refractivity contribution in [3.05, 3.63) is 41.7 Å². The molecule has 0 atom stereocenters. The Labute approximate surface area is 102 Å². The number of H-pyrrole nitrogens is 1. The van der Waals surface area contributed by atoms with E-state index in [0.717, 1.165) is 12.1 Å². The van der Waals surface area contributed by atoms with Gasteiger partial charge in [-0.1, -0.05) is 0 Å². The molecule has 4 N–H and O–H groups in total. The van der Waals surface area contributed by atoms with Gasteiger partial charge in [0.1, 0.15) is 18.0 Å². The van der Waals surface area contributed by atoms with Crippen LogP contribution in [0.1, 0.15) is 16.2 Å². The standard InChI is InChI=1S/C11H12FN5O/c12-8-3-7(4-9(13)5-8)11(18)14-2-1-10-15-6-16-17-10/h3-6H,1-2,13H2,(H,14,18)(H,15,16,17). The maximum Gasteiger partial charge on any atom is 0.251 e. The fourth-order valence-corrected chi connectivity index (χ4v) is 1.49. The first kappa shape index (κ1) is 12.0. The van der Waals surface area contributed by atoms with E-state index in [1.807, 2.05) is 0 Å². The summed E-state index contributed by atoms with van der Waals surface area (Å²) in [6.07, 6.45) is 1.92. The van der Waals surface area contributed by atoms with Crippen molar-refractivity contribution in [2.45, 2.75) is 6.42 Å². The second kappa shape index (κ2) is 5.26. The average molecular weight is 249 g/mol. The van der Waals surface area contributed by atoms with E-state index in [-0.39, 0.29) is 17.2 Å². The number of halogens is 1. The number of nitrogens with two attached hydrogens (primary N) is 1. The van der Waals surface area contributed by atoms with Crippen LogP contribution in [-0.2, 0) is 6.42 Å². The minimum atomic E-state index is -0.532. The Kier molecular flexibility index (Phi) is 3.52. The van der Waals surface area contributed by atoms with Gasteiger partial charge in [0.2, 0.25) is 0 Å². The quantitative estimate of drug-likeness (QED) is 0.687. The smallest absolute Gasteiger partial charge is 0.251 e. The van der Waals surface area contributed by atoms with Gasteiger partial charge in [0, 0.05) is 24.2 Å². The molecule has 1 heterocycles. The van der Waals surface area contributed by atoms with Gasteiger partial charge >= 0.3 is 0 Å². The minimum Gasteiger partial charge on any atom is -0.399 e. The lowest BCUT2D eigenvalue weighted by molar-refractivity contribution is 0.0953. The second-order valence-electron chi connectivity index (χ2n) is 3.71. The Morgan fingerprint density at radius 1 is 1.44 bits per heavy atom. The summed E-state index contributed by atoms with van der Waals surface area (Å²) in [5.41, 5.74) is 5.88. The van der Waals surface area contributed by atoms with Crippen LogP contribution in [-0.4, -0.2) is 27.6 Å². The summed E-state index contributed by atoms with van der Waals surface area (Å²) < 4.78 is 13.1. The van der Waals surface area contributed by atoms with E-state index in [9.17, 15) is 9.18 Å². The highest BCUT2D eigenvalue weighted by molar-refractivity contribution is 5.95. The van der Waals surface area contributed by atoms with Crippen molar-refractivity contribution in [3.63, 3.8) is 0 Å². The predicted octanol–water partition coefficient (Wildman–Crippen LogP) is 0.498. The zero-order valence-electron chi connectivity index (χ0n) is 9.48. The minimum absolute atomic E-state index is 0.199. The molecule has 0 saturated carbocycles. The van der Waals surface area contributed by atoms with Crippen LogP contribution in [0.4, 0.5) is 10.1 Å². The number of carbonyl (C=O) groups is 1. The fourth-order valence-electron chi connectivity index (χ4n) is 1.49. The monoisotopic (exact) mass is 249 g/mol. The Morgan fingerprint density at radius 2 is 2.28 bits per heavy atom. The second-order valence-corrected chi connectivity index (χ2v) is 3.71. The molecular weight excluding hydrogens is 237 g/mol. The molecule has 1 aromatic carbocycles. The number of anilines is 1. The Morgan fingerprint density at radius 3 is 2.94 bits per heavy atom. The number of hydrogen-bond acceptors (Lipinski definition) is 4. The molecule has 1 aromatic heterocycles. The van der Waals surface area contributed by atoms with Crippen molar-refractivity contribution >= 4 is 11.6 Å².